The van der Waals surface area contributed by atoms with Gasteiger partial charge in [-0.2, -0.15) is 4.98 Å². The van der Waals surface area contributed by atoms with E-state index in [9.17, 15) is 13.9 Å². The molecule has 2 aliphatic rings. The Morgan fingerprint density at radius 1 is 1.05 bits per heavy atom. The molecule has 0 saturated carbocycles. The number of aromatic nitrogens is 2. The van der Waals surface area contributed by atoms with Crippen LogP contribution in [0.5, 0.6) is 0 Å². The number of likely N-dealkylation sites (tertiary alicyclic amines) is 1. The summed E-state index contributed by atoms with van der Waals surface area (Å²) in [7, 11) is 0. The summed E-state index contributed by atoms with van der Waals surface area (Å²) in [5.74, 6) is -0.710. The summed E-state index contributed by atoms with van der Waals surface area (Å²) in [6.45, 7) is 5.61. The zero-order chi connectivity index (χ0) is 26.5. The Balaban J connectivity index is 1.32. The number of aliphatic hydroxyl groups is 1. The molecule has 2 saturated heterocycles. The van der Waals surface area contributed by atoms with Crippen LogP contribution in [0.4, 0.5) is 31.9 Å². The molecule has 2 aromatic carbocycles. The minimum absolute atomic E-state index is 0.0868. The second-order valence-electron chi connectivity index (χ2n) is 9.57. The first kappa shape index (κ1) is 26.6. The van der Waals surface area contributed by atoms with Crippen molar-refractivity contribution in [2.45, 2.75) is 32.0 Å². The second-order valence-corrected chi connectivity index (χ2v) is 9.95. The van der Waals surface area contributed by atoms with E-state index in [2.05, 4.69) is 48.6 Å². The van der Waals surface area contributed by atoms with Crippen LogP contribution in [0.15, 0.2) is 42.6 Å². The molecule has 38 heavy (non-hydrogen) atoms. The minimum Gasteiger partial charge on any atom is -0.393 e. The highest BCUT2D eigenvalue weighted by molar-refractivity contribution is 6.30. The Labute approximate surface area is 225 Å². The van der Waals surface area contributed by atoms with Gasteiger partial charge in [0.15, 0.2) is 0 Å². The van der Waals surface area contributed by atoms with Crippen LogP contribution in [0.25, 0.3) is 0 Å². The van der Waals surface area contributed by atoms with Gasteiger partial charge in [-0.05, 0) is 48.7 Å². The molecule has 8 nitrogen and oxygen atoms in total. The van der Waals surface area contributed by atoms with Crippen LogP contribution in [-0.4, -0.2) is 65.5 Å². The Bertz CT molecular complexity index is 1250. The molecule has 5 rings (SSSR count). The molecule has 0 atom stereocenters. The number of hydrogen-bond donors (Lipinski definition) is 3. The van der Waals surface area contributed by atoms with Crippen LogP contribution >= 0.6 is 11.6 Å². The van der Waals surface area contributed by atoms with Gasteiger partial charge in [-0.3, -0.25) is 4.90 Å². The molecule has 3 N–H and O–H groups in total. The summed E-state index contributed by atoms with van der Waals surface area (Å²) in [5.41, 5.74) is 3.35. The highest BCUT2D eigenvalue weighted by Gasteiger charge is 2.19. The molecule has 1 aromatic heterocycles. The third-order valence-electron chi connectivity index (χ3n) is 6.80. The van der Waals surface area contributed by atoms with E-state index < -0.39 is 16.7 Å². The number of piperidine rings is 1. The zero-order valence-electron chi connectivity index (χ0n) is 21.0. The van der Waals surface area contributed by atoms with Crippen molar-refractivity contribution in [2.75, 3.05) is 54.9 Å². The number of aliphatic hydroxyl groups excluding tert-OH is 1. The van der Waals surface area contributed by atoms with Gasteiger partial charge in [-0.25, -0.2) is 13.8 Å². The lowest BCUT2D eigenvalue weighted by Crippen LogP contribution is -2.37. The number of anilines is 4. The fourth-order valence-electron chi connectivity index (χ4n) is 4.71. The van der Waals surface area contributed by atoms with Gasteiger partial charge in [0, 0.05) is 62.4 Å². The van der Waals surface area contributed by atoms with Gasteiger partial charge in [-0.15, -0.1) is 0 Å². The fraction of sp³-hybridized carbons (Fsp3) is 0.407. The monoisotopic (exact) mass is 544 g/mol. The summed E-state index contributed by atoms with van der Waals surface area (Å²) in [6.07, 6.45) is 2.97. The van der Waals surface area contributed by atoms with Crippen molar-refractivity contribution in [3.63, 3.8) is 0 Å². The van der Waals surface area contributed by atoms with Crippen molar-refractivity contribution < 1.29 is 18.6 Å². The van der Waals surface area contributed by atoms with E-state index in [0.29, 0.717) is 25.0 Å². The van der Waals surface area contributed by atoms with E-state index in [1.807, 2.05) is 0 Å². The summed E-state index contributed by atoms with van der Waals surface area (Å²) in [5, 5.41) is 15.7. The molecule has 0 aliphatic carbocycles. The van der Waals surface area contributed by atoms with E-state index >= 15 is 0 Å². The average molecular weight is 545 g/mol. The van der Waals surface area contributed by atoms with Gasteiger partial charge in [0.1, 0.15) is 22.5 Å². The summed E-state index contributed by atoms with van der Waals surface area (Å²) in [6, 6.07) is 10.5. The van der Waals surface area contributed by atoms with Crippen molar-refractivity contribution in [1.82, 2.24) is 14.9 Å². The average Bonchev–Trinajstić information content (AvgIpc) is 2.93. The molecule has 11 heteroatoms. The Hall–Kier alpha value is -3.05. The maximum Gasteiger partial charge on any atom is 0.229 e. The van der Waals surface area contributed by atoms with Crippen molar-refractivity contribution >= 4 is 34.7 Å². The molecule has 202 valence electrons. The normalized spacial score (nSPS) is 17.0. The number of morpholine rings is 1. The van der Waals surface area contributed by atoms with Crippen LogP contribution in [0.1, 0.15) is 24.0 Å². The standard InChI is InChI=1S/C27H31ClF2N6O2/c28-25-23(29)2-1-19(26(25)30)16-32-24-3-6-31-27(34-24)33-20-13-18(17-35-7-4-22(37)5-8-35)14-21(15-20)36-9-11-38-12-10-36/h1-3,6,13-15,22,37H,4-5,7-12,16-17H2,(H2,31,32,33,34). The topological polar surface area (TPSA) is 85.8 Å². The number of halogens is 3. The van der Waals surface area contributed by atoms with Crippen molar-refractivity contribution in [3.8, 4) is 0 Å². The van der Waals surface area contributed by atoms with Gasteiger partial charge in [0.05, 0.1) is 19.3 Å². The number of benzene rings is 2. The molecule has 0 bridgehead atoms. The fourth-order valence-corrected chi connectivity index (χ4v) is 4.90. The first-order valence-electron chi connectivity index (χ1n) is 12.8. The summed E-state index contributed by atoms with van der Waals surface area (Å²) < 4.78 is 33.3. The molecule has 0 radical (unpaired) electrons. The third kappa shape index (κ3) is 6.68. The van der Waals surface area contributed by atoms with Crippen molar-refractivity contribution in [3.05, 3.63) is 70.4 Å². The van der Waals surface area contributed by atoms with Gasteiger partial charge >= 0.3 is 0 Å². The Morgan fingerprint density at radius 3 is 2.63 bits per heavy atom. The van der Waals surface area contributed by atoms with Crippen LogP contribution in [0.3, 0.4) is 0 Å². The van der Waals surface area contributed by atoms with E-state index in [0.717, 1.165) is 68.6 Å². The maximum atomic E-state index is 14.3. The molecular formula is C27H31ClF2N6O2. The van der Waals surface area contributed by atoms with E-state index in [1.54, 1.807) is 12.3 Å². The SMILES string of the molecule is OC1CCN(Cc2cc(Nc3nccc(NCc4ccc(F)c(Cl)c4F)n3)cc(N3CCOCC3)c2)CC1. The van der Waals surface area contributed by atoms with Crippen molar-refractivity contribution in [1.29, 1.82) is 0 Å². The molecule has 3 heterocycles. The number of rotatable bonds is 8. The lowest BCUT2D eigenvalue weighted by molar-refractivity contribution is 0.0792. The highest BCUT2D eigenvalue weighted by Crippen LogP contribution is 2.27. The lowest BCUT2D eigenvalue weighted by Gasteiger charge is -2.31. The quantitative estimate of drug-likeness (QED) is 0.356. The van der Waals surface area contributed by atoms with Crippen LogP contribution in [-0.2, 0) is 17.8 Å². The van der Waals surface area contributed by atoms with E-state index in [-0.39, 0.29) is 18.2 Å². The largest absolute Gasteiger partial charge is 0.393 e. The highest BCUT2D eigenvalue weighted by atomic mass is 35.5. The van der Waals surface area contributed by atoms with Crippen LogP contribution in [0.2, 0.25) is 5.02 Å². The first-order chi connectivity index (χ1) is 18.4. The number of ether oxygens (including phenoxy) is 1. The second kappa shape index (κ2) is 12.2. The number of hydrogen-bond acceptors (Lipinski definition) is 8. The predicted octanol–water partition coefficient (Wildman–Crippen LogP) is 4.56. The molecular weight excluding hydrogens is 514 g/mol. The number of nitrogens with one attached hydrogen (secondary N) is 2. The zero-order valence-corrected chi connectivity index (χ0v) is 21.7. The Morgan fingerprint density at radius 2 is 1.84 bits per heavy atom. The predicted molar refractivity (Wildman–Crippen MR) is 144 cm³/mol. The summed E-state index contributed by atoms with van der Waals surface area (Å²) >= 11 is 5.69. The minimum atomic E-state index is -0.794. The molecule has 2 aliphatic heterocycles. The Kier molecular flexibility index (Phi) is 8.53. The molecule has 3 aromatic rings. The third-order valence-corrected chi connectivity index (χ3v) is 7.15. The van der Waals surface area contributed by atoms with E-state index in [4.69, 9.17) is 16.3 Å². The molecule has 2 fully saturated rings. The lowest BCUT2D eigenvalue weighted by atomic mass is 10.1. The smallest absolute Gasteiger partial charge is 0.229 e. The molecule has 0 unspecified atom stereocenters. The van der Waals surface area contributed by atoms with Crippen LogP contribution in [0, 0.1) is 11.6 Å². The maximum absolute atomic E-state index is 14.3. The van der Waals surface area contributed by atoms with Gasteiger partial charge in [0.2, 0.25) is 5.95 Å². The number of nitrogens with zero attached hydrogens (tertiary/aromatic N) is 4. The van der Waals surface area contributed by atoms with E-state index in [1.165, 1.54) is 6.07 Å². The van der Waals surface area contributed by atoms with Gasteiger partial charge in [0.25, 0.3) is 0 Å². The summed E-state index contributed by atoms with van der Waals surface area (Å²) in [4.78, 5) is 13.5. The van der Waals surface area contributed by atoms with Gasteiger partial charge < -0.3 is 25.4 Å². The first-order valence-corrected chi connectivity index (χ1v) is 13.2. The van der Waals surface area contributed by atoms with Gasteiger partial charge in [-0.1, -0.05) is 17.7 Å². The molecule has 0 amide bonds. The van der Waals surface area contributed by atoms with Crippen LogP contribution < -0.4 is 15.5 Å². The van der Waals surface area contributed by atoms with Crippen molar-refractivity contribution in [2.24, 2.45) is 0 Å². The molecule has 0 spiro atoms.